The van der Waals surface area contributed by atoms with Crippen LogP contribution in [0.3, 0.4) is 0 Å². The summed E-state index contributed by atoms with van der Waals surface area (Å²) < 4.78 is 7.10. The summed E-state index contributed by atoms with van der Waals surface area (Å²) in [7, 11) is 0. The molecule has 3 heteroatoms. The summed E-state index contributed by atoms with van der Waals surface area (Å²) in [5, 5.41) is 3.44. The molecule has 0 aliphatic heterocycles. The van der Waals surface area contributed by atoms with Gasteiger partial charge in [-0.2, -0.15) is 0 Å². The Morgan fingerprint density at radius 3 is 2.68 bits per heavy atom. The van der Waals surface area contributed by atoms with Crippen molar-refractivity contribution in [2.45, 2.75) is 33.2 Å². The third-order valence-electron chi connectivity index (χ3n) is 3.29. The van der Waals surface area contributed by atoms with Gasteiger partial charge in [-0.1, -0.05) is 35.8 Å². The Balaban J connectivity index is 2.32. The van der Waals surface area contributed by atoms with Gasteiger partial charge >= 0.3 is 0 Å². The number of aryl methyl sites for hydroxylation is 1. The predicted molar refractivity (Wildman–Crippen MR) is 83.3 cm³/mol. The van der Waals surface area contributed by atoms with Crippen LogP contribution in [0.15, 0.2) is 39.2 Å². The molecule has 1 aromatic carbocycles. The fourth-order valence-corrected chi connectivity index (χ4v) is 2.60. The number of nitrogens with one attached hydrogen (secondary N) is 1. The number of hydrogen-bond acceptors (Lipinski definition) is 2. The first-order valence-electron chi connectivity index (χ1n) is 6.75. The van der Waals surface area contributed by atoms with Crippen molar-refractivity contribution in [2.75, 3.05) is 6.54 Å². The lowest BCUT2D eigenvalue weighted by molar-refractivity contribution is 0.417. The lowest BCUT2D eigenvalue weighted by Crippen LogP contribution is -2.19. The number of rotatable bonds is 5. The zero-order valence-corrected chi connectivity index (χ0v) is 13.3. The fraction of sp³-hybridized carbons (Fsp3) is 0.375. The SMILES string of the molecule is CCNC(CC)c1ccc(-c2cc(Br)ccc2C)o1. The van der Waals surface area contributed by atoms with E-state index in [2.05, 4.69) is 72.3 Å². The Hall–Kier alpha value is -1.06. The first-order valence-corrected chi connectivity index (χ1v) is 7.54. The van der Waals surface area contributed by atoms with Gasteiger partial charge < -0.3 is 9.73 Å². The minimum absolute atomic E-state index is 0.297. The van der Waals surface area contributed by atoms with Crippen LogP contribution in [0.4, 0.5) is 0 Å². The van der Waals surface area contributed by atoms with Crippen LogP contribution in [-0.4, -0.2) is 6.54 Å². The molecule has 1 N–H and O–H groups in total. The van der Waals surface area contributed by atoms with Crippen molar-refractivity contribution in [1.29, 1.82) is 0 Å². The summed E-state index contributed by atoms with van der Waals surface area (Å²) in [5.41, 5.74) is 2.37. The largest absolute Gasteiger partial charge is 0.459 e. The Morgan fingerprint density at radius 2 is 2.00 bits per heavy atom. The highest BCUT2D eigenvalue weighted by Gasteiger charge is 2.14. The van der Waals surface area contributed by atoms with E-state index in [4.69, 9.17) is 4.42 Å². The van der Waals surface area contributed by atoms with Gasteiger partial charge in [0.1, 0.15) is 11.5 Å². The van der Waals surface area contributed by atoms with Gasteiger partial charge in [0.25, 0.3) is 0 Å². The van der Waals surface area contributed by atoms with Gasteiger partial charge in [0.15, 0.2) is 0 Å². The minimum atomic E-state index is 0.297. The molecule has 0 saturated heterocycles. The Morgan fingerprint density at radius 1 is 1.21 bits per heavy atom. The van der Waals surface area contributed by atoms with Gasteiger partial charge in [0.05, 0.1) is 6.04 Å². The molecule has 1 heterocycles. The highest BCUT2D eigenvalue weighted by Crippen LogP contribution is 2.30. The molecule has 2 rings (SSSR count). The van der Waals surface area contributed by atoms with E-state index in [0.29, 0.717) is 6.04 Å². The standard InChI is InChI=1S/C16H20BrNO/c1-4-14(18-5-2)16-9-8-15(19-16)13-10-12(17)7-6-11(13)3/h6-10,14,18H,4-5H2,1-3H3. The number of furan rings is 1. The summed E-state index contributed by atoms with van der Waals surface area (Å²) >= 11 is 3.51. The second-order valence-electron chi connectivity index (χ2n) is 4.68. The average molecular weight is 322 g/mol. The zero-order valence-electron chi connectivity index (χ0n) is 11.7. The molecule has 0 aliphatic carbocycles. The maximum atomic E-state index is 6.03. The van der Waals surface area contributed by atoms with Crippen LogP contribution in [0.5, 0.6) is 0 Å². The van der Waals surface area contributed by atoms with Crippen LogP contribution in [0.2, 0.25) is 0 Å². The van der Waals surface area contributed by atoms with Gasteiger partial charge in [-0.15, -0.1) is 0 Å². The molecule has 0 spiro atoms. The highest BCUT2D eigenvalue weighted by atomic mass is 79.9. The third-order valence-corrected chi connectivity index (χ3v) is 3.79. The molecular weight excluding hydrogens is 302 g/mol. The molecule has 19 heavy (non-hydrogen) atoms. The van der Waals surface area contributed by atoms with Crippen LogP contribution in [-0.2, 0) is 0 Å². The summed E-state index contributed by atoms with van der Waals surface area (Å²) in [4.78, 5) is 0. The topological polar surface area (TPSA) is 25.2 Å². The molecule has 2 nitrogen and oxygen atoms in total. The average Bonchev–Trinajstić information content (AvgIpc) is 2.88. The lowest BCUT2D eigenvalue weighted by Gasteiger charge is -2.12. The van der Waals surface area contributed by atoms with Crippen molar-refractivity contribution in [3.63, 3.8) is 0 Å². The molecule has 0 aliphatic rings. The van der Waals surface area contributed by atoms with E-state index in [-0.39, 0.29) is 0 Å². The third kappa shape index (κ3) is 3.28. The molecule has 1 aromatic heterocycles. The lowest BCUT2D eigenvalue weighted by atomic mass is 10.1. The molecule has 0 bridgehead atoms. The summed E-state index contributed by atoms with van der Waals surface area (Å²) in [6, 6.07) is 10.7. The summed E-state index contributed by atoms with van der Waals surface area (Å²) in [6.45, 7) is 7.33. The van der Waals surface area contributed by atoms with Crippen molar-refractivity contribution in [1.82, 2.24) is 5.32 Å². The maximum absolute atomic E-state index is 6.03. The van der Waals surface area contributed by atoms with E-state index >= 15 is 0 Å². The van der Waals surface area contributed by atoms with Gasteiger partial charge in [-0.05, 0) is 49.7 Å². The quantitative estimate of drug-likeness (QED) is 0.830. The van der Waals surface area contributed by atoms with Crippen LogP contribution in [0, 0.1) is 6.92 Å². The first kappa shape index (κ1) is 14.4. The molecule has 0 amide bonds. The normalized spacial score (nSPS) is 12.6. The van der Waals surface area contributed by atoms with E-state index in [9.17, 15) is 0 Å². The minimum Gasteiger partial charge on any atom is -0.459 e. The zero-order chi connectivity index (χ0) is 13.8. The van der Waals surface area contributed by atoms with Crippen LogP contribution in [0.1, 0.15) is 37.6 Å². The second-order valence-corrected chi connectivity index (χ2v) is 5.60. The summed E-state index contributed by atoms with van der Waals surface area (Å²) in [6.07, 6.45) is 1.03. The smallest absolute Gasteiger partial charge is 0.134 e. The molecule has 0 fully saturated rings. The van der Waals surface area contributed by atoms with Gasteiger partial charge in [0, 0.05) is 10.0 Å². The van der Waals surface area contributed by atoms with Crippen LogP contribution in [0.25, 0.3) is 11.3 Å². The fourth-order valence-electron chi connectivity index (χ4n) is 2.24. The first-order chi connectivity index (χ1) is 9.15. The van der Waals surface area contributed by atoms with Crippen LogP contribution >= 0.6 is 15.9 Å². The number of hydrogen-bond donors (Lipinski definition) is 1. The van der Waals surface area contributed by atoms with E-state index in [0.717, 1.165) is 34.5 Å². The molecule has 0 saturated carbocycles. The monoisotopic (exact) mass is 321 g/mol. The van der Waals surface area contributed by atoms with Gasteiger partial charge in [0.2, 0.25) is 0 Å². The van der Waals surface area contributed by atoms with Crippen molar-refractivity contribution < 1.29 is 4.42 Å². The predicted octanol–water partition coefficient (Wildman–Crippen LogP) is 5.08. The molecule has 1 unspecified atom stereocenters. The molecular formula is C16H20BrNO. The van der Waals surface area contributed by atoms with E-state index in [1.807, 2.05) is 0 Å². The summed E-state index contributed by atoms with van der Waals surface area (Å²) in [5.74, 6) is 1.95. The van der Waals surface area contributed by atoms with Crippen LogP contribution < -0.4 is 5.32 Å². The van der Waals surface area contributed by atoms with Crippen molar-refractivity contribution in [3.8, 4) is 11.3 Å². The molecule has 0 radical (unpaired) electrons. The van der Waals surface area contributed by atoms with E-state index < -0.39 is 0 Å². The van der Waals surface area contributed by atoms with Gasteiger partial charge in [-0.25, -0.2) is 0 Å². The number of halogens is 1. The number of benzene rings is 1. The van der Waals surface area contributed by atoms with Crippen molar-refractivity contribution in [3.05, 3.63) is 46.1 Å². The Kier molecular flexibility index (Phi) is 4.83. The van der Waals surface area contributed by atoms with Crippen molar-refractivity contribution in [2.24, 2.45) is 0 Å². The van der Waals surface area contributed by atoms with E-state index in [1.54, 1.807) is 0 Å². The molecule has 102 valence electrons. The highest BCUT2D eigenvalue weighted by molar-refractivity contribution is 9.10. The van der Waals surface area contributed by atoms with Crippen molar-refractivity contribution >= 4 is 15.9 Å². The second kappa shape index (κ2) is 6.40. The molecule has 1 atom stereocenters. The van der Waals surface area contributed by atoms with E-state index in [1.165, 1.54) is 5.56 Å². The Labute approximate surface area is 123 Å². The maximum Gasteiger partial charge on any atom is 0.134 e. The Bertz CT molecular complexity index is 547. The molecule has 2 aromatic rings. The van der Waals surface area contributed by atoms with Gasteiger partial charge in [-0.3, -0.25) is 0 Å².